The van der Waals surface area contributed by atoms with E-state index in [0.717, 1.165) is 19.3 Å². The molecule has 2 saturated heterocycles. The second-order valence-corrected chi connectivity index (χ2v) is 14.3. The van der Waals surface area contributed by atoms with Crippen molar-refractivity contribution in [1.82, 2.24) is 0 Å². The molecule has 6 aliphatic rings. The molecule has 6 N–H and O–H groups in total. The smallest absolute Gasteiger partial charge is 0.336 e. The Hall–Kier alpha value is -1.49. The van der Waals surface area contributed by atoms with Crippen LogP contribution in [0.25, 0.3) is 0 Å². The van der Waals surface area contributed by atoms with Crippen molar-refractivity contribution < 1.29 is 63.9 Å². The van der Waals surface area contributed by atoms with E-state index in [9.17, 15) is 35.4 Å². The van der Waals surface area contributed by atoms with Gasteiger partial charge < -0.3 is 59.1 Å². The lowest BCUT2D eigenvalue weighted by molar-refractivity contribution is -0.375. The summed E-state index contributed by atoms with van der Waals surface area (Å²) >= 11 is 0. The molecular weight excluding hydrogens is 592 g/mol. The van der Waals surface area contributed by atoms with E-state index in [4.69, 9.17) is 28.4 Å². The third kappa shape index (κ3) is 5.71. The summed E-state index contributed by atoms with van der Waals surface area (Å²) in [5, 5.41) is 62.7. The van der Waals surface area contributed by atoms with Crippen LogP contribution in [-0.2, 0) is 33.2 Å². The summed E-state index contributed by atoms with van der Waals surface area (Å²) in [6.07, 6.45) is -8.79. The first-order valence-electron chi connectivity index (χ1n) is 16.1. The standard InChI is InChI=1S/C32H48O13/c1-14-22(34)24(36)26(38)29(42-14)45-27-25(37)23(35)19(12-33)43-30(27)44-21-7-9-32(4)17-11-18(16-8-10-40-28(16)39)41-13-15(17)5-6-20(32)31(21,2)3/h8,14,18-27,29-30,33-38H,5-7,9-13H2,1-4H3. The summed E-state index contributed by atoms with van der Waals surface area (Å²) in [6.45, 7) is 8.30. The number of ether oxygens (including phenoxy) is 6. The minimum Gasteiger partial charge on any atom is -0.458 e. The number of rotatable bonds is 6. The van der Waals surface area contributed by atoms with Crippen LogP contribution < -0.4 is 0 Å². The molecule has 0 aromatic carbocycles. The average molecular weight is 641 g/mol. The summed E-state index contributed by atoms with van der Waals surface area (Å²) in [5.74, 6) is -0.123. The molecule has 0 aromatic heterocycles. The molecule has 0 aromatic rings. The van der Waals surface area contributed by atoms with Crippen molar-refractivity contribution in [2.75, 3.05) is 19.8 Å². The van der Waals surface area contributed by atoms with Gasteiger partial charge in [-0.05, 0) is 67.4 Å². The van der Waals surface area contributed by atoms with E-state index in [-0.39, 0.29) is 36.1 Å². The lowest BCUT2D eigenvalue weighted by Crippen LogP contribution is -2.65. The van der Waals surface area contributed by atoms with Crippen molar-refractivity contribution in [2.45, 2.75) is 133 Å². The maximum atomic E-state index is 12.3. The van der Waals surface area contributed by atoms with Gasteiger partial charge in [0.15, 0.2) is 12.6 Å². The number of esters is 1. The zero-order chi connectivity index (χ0) is 32.4. The first-order valence-corrected chi connectivity index (χ1v) is 16.1. The van der Waals surface area contributed by atoms with Crippen LogP contribution in [0.3, 0.4) is 0 Å². The molecule has 0 radical (unpaired) electrons. The van der Waals surface area contributed by atoms with Crippen molar-refractivity contribution in [3.63, 3.8) is 0 Å². The van der Waals surface area contributed by atoms with Gasteiger partial charge >= 0.3 is 5.97 Å². The zero-order valence-electron chi connectivity index (χ0n) is 26.3. The molecule has 0 spiro atoms. The number of hydrogen-bond donors (Lipinski definition) is 6. The average Bonchev–Trinajstić information content (AvgIpc) is 3.44. The van der Waals surface area contributed by atoms with Crippen LogP contribution in [0.2, 0.25) is 0 Å². The minimum absolute atomic E-state index is 0.165. The van der Waals surface area contributed by atoms with E-state index in [0.29, 0.717) is 25.0 Å². The Bertz CT molecular complexity index is 1190. The fourth-order valence-corrected chi connectivity index (χ4v) is 8.76. The Morgan fingerprint density at radius 3 is 2.38 bits per heavy atom. The molecule has 3 fully saturated rings. The number of hydrogen-bond acceptors (Lipinski definition) is 13. The summed E-state index contributed by atoms with van der Waals surface area (Å²) in [6, 6.07) is 0. The number of fused-ring (bicyclic) bond motifs is 2. The topological polar surface area (TPSA) is 194 Å². The van der Waals surface area contributed by atoms with E-state index >= 15 is 0 Å². The van der Waals surface area contributed by atoms with E-state index in [2.05, 4.69) is 20.8 Å². The fourth-order valence-electron chi connectivity index (χ4n) is 8.76. The first-order chi connectivity index (χ1) is 21.3. The van der Waals surface area contributed by atoms with Gasteiger partial charge in [-0.15, -0.1) is 0 Å². The molecule has 45 heavy (non-hydrogen) atoms. The van der Waals surface area contributed by atoms with Crippen LogP contribution in [0.15, 0.2) is 22.8 Å². The second-order valence-electron chi connectivity index (χ2n) is 14.3. The zero-order valence-corrected chi connectivity index (χ0v) is 26.3. The van der Waals surface area contributed by atoms with Gasteiger partial charge in [0.1, 0.15) is 49.3 Å². The maximum absolute atomic E-state index is 12.3. The molecule has 254 valence electrons. The van der Waals surface area contributed by atoms with Gasteiger partial charge in [0.2, 0.25) is 0 Å². The first kappa shape index (κ1) is 33.4. The maximum Gasteiger partial charge on any atom is 0.336 e. The Morgan fingerprint density at radius 2 is 1.69 bits per heavy atom. The summed E-state index contributed by atoms with van der Waals surface area (Å²) in [5.41, 5.74) is 2.67. The normalized spacial score (nSPS) is 48.4. The van der Waals surface area contributed by atoms with Gasteiger partial charge in [-0.1, -0.05) is 26.3 Å². The Kier molecular flexibility index (Phi) is 9.29. The Balaban J connectivity index is 1.22. The highest BCUT2D eigenvalue weighted by Crippen LogP contribution is 2.62. The van der Waals surface area contributed by atoms with Crippen LogP contribution in [0.5, 0.6) is 0 Å². The van der Waals surface area contributed by atoms with E-state index in [1.54, 1.807) is 0 Å². The monoisotopic (exact) mass is 640 g/mol. The second kappa shape index (κ2) is 12.5. The van der Waals surface area contributed by atoms with Crippen molar-refractivity contribution in [1.29, 1.82) is 0 Å². The number of carbonyl (C=O) groups is 1. The van der Waals surface area contributed by atoms with Crippen molar-refractivity contribution in [2.24, 2.45) is 16.7 Å². The predicted molar refractivity (Wildman–Crippen MR) is 154 cm³/mol. The third-order valence-corrected chi connectivity index (χ3v) is 11.4. The number of carbonyl (C=O) groups excluding carboxylic acids is 1. The molecule has 6 rings (SSSR count). The SMILES string of the molecule is CC1OC(OC2C(OC3CCC4(C)C5=C(CCC4C3(C)C)COC(C3=CCOC3=O)C5)OC(CO)C(O)C2O)C(O)C(O)C1O. The molecule has 13 heteroatoms. The van der Waals surface area contributed by atoms with Crippen LogP contribution in [0.1, 0.15) is 59.8 Å². The molecule has 4 heterocycles. The van der Waals surface area contributed by atoms with Crippen molar-refractivity contribution in [3.8, 4) is 0 Å². The number of aliphatic hydroxyl groups is 6. The summed E-state index contributed by atoms with van der Waals surface area (Å²) in [4.78, 5) is 12.3. The van der Waals surface area contributed by atoms with Crippen LogP contribution in [0.4, 0.5) is 0 Å². The molecule has 0 amide bonds. The minimum atomic E-state index is -1.64. The molecule has 2 aliphatic carbocycles. The van der Waals surface area contributed by atoms with Gasteiger partial charge in [-0.25, -0.2) is 4.79 Å². The summed E-state index contributed by atoms with van der Waals surface area (Å²) in [7, 11) is 0. The summed E-state index contributed by atoms with van der Waals surface area (Å²) < 4.78 is 35.4. The van der Waals surface area contributed by atoms with Gasteiger partial charge in [-0.2, -0.15) is 0 Å². The van der Waals surface area contributed by atoms with Gasteiger partial charge in [0.25, 0.3) is 0 Å². The Labute approximate surface area is 262 Å². The lowest BCUT2D eigenvalue weighted by Gasteiger charge is -2.59. The number of aliphatic hydroxyl groups excluding tert-OH is 6. The molecule has 4 aliphatic heterocycles. The molecule has 14 atom stereocenters. The van der Waals surface area contributed by atoms with E-state index < -0.39 is 73.4 Å². The largest absolute Gasteiger partial charge is 0.458 e. The Morgan fingerprint density at radius 1 is 0.933 bits per heavy atom. The number of cyclic esters (lactones) is 1. The quantitative estimate of drug-likeness (QED) is 0.166. The lowest BCUT2D eigenvalue weighted by atomic mass is 9.48. The van der Waals surface area contributed by atoms with Crippen molar-refractivity contribution >= 4 is 5.97 Å². The molecule has 1 saturated carbocycles. The fraction of sp³-hybridized carbons (Fsp3) is 0.844. The molecule has 13 nitrogen and oxygen atoms in total. The van der Waals surface area contributed by atoms with Gasteiger partial charge in [0, 0.05) is 0 Å². The molecular formula is C32H48O13. The third-order valence-electron chi connectivity index (χ3n) is 11.4. The van der Waals surface area contributed by atoms with Crippen LogP contribution in [0, 0.1) is 16.7 Å². The van der Waals surface area contributed by atoms with Crippen molar-refractivity contribution in [3.05, 3.63) is 22.8 Å². The highest BCUT2D eigenvalue weighted by molar-refractivity contribution is 5.91. The van der Waals surface area contributed by atoms with Crippen LogP contribution in [-0.4, -0.2) is 130 Å². The van der Waals surface area contributed by atoms with E-state index in [1.807, 2.05) is 6.08 Å². The predicted octanol–water partition coefficient (Wildman–Crippen LogP) is -0.172. The highest BCUT2D eigenvalue weighted by atomic mass is 16.8. The van der Waals surface area contributed by atoms with Gasteiger partial charge in [0.05, 0.1) is 37.1 Å². The van der Waals surface area contributed by atoms with Crippen LogP contribution >= 0.6 is 0 Å². The highest BCUT2D eigenvalue weighted by Gasteiger charge is 2.58. The molecule has 14 unspecified atom stereocenters. The molecule has 0 bridgehead atoms. The van der Waals surface area contributed by atoms with Gasteiger partial charge in [-0.3, -0.25) is 0 Å². The van der Waals surface area contributed by atoms with E-state index in [1.165, 1.54) is 18.1 Å².